The van der Waals surface area contributed by atoms with E-state index in [0.717, 1.165) is 18.4 Å². The quantitative estimate of drug-likeness (QED) is 0.763. The highest BCUT2D eigenvalue weighted by Crippen LogP contribution is 2.23. The normalized spacial score (nSPS) is 18.9. The predicted octanol–water partition coefficient (Wildman–Crippen LogP) is 0.751. The molecule has 1 aliphatic rings. The van der Waals surface area contributed by atoms with Crippen LogP contribution in [0.15, 0.2) is 23.1 Å². The van der Waals surface area contributed by atoms with Gasteiger partial charge in [0, 0.05) is 25.3 Å². The molecule has 0 bridgehead atoms. The molecule has 0 aliphatic carbocycles. The number of aromatic amines is 1. The van der Waals surface area contributed by atoms with E-state index >= 15 is 0 Å². The van der Waals surface area contributed by atoms with Crippen LogP contribution in [0.2, 0.25) is 0 Å². The molecule has 1 fully saturated rings. The first-order chi connectivity index (χ1) is 8.25. The van der Waals surface area contributed by atoms with Gasteiger partial charge in [-0.15, -0.1) is 0 Å². The van der Waals surface area contributed by atoms with Crippen LogP contribution < -0.4 is 5.69 Å². The van der Waals surface area contributed by atoms with Crippen LogP contribution in [0, 0.1) is 0 Å². The lowest BCUT2D eigenvalue weighted by Crippen LogP contribution is -2.34. The lowest BCUT2D eigenvalue weighted by Gasteiger charge is -2.28. The maximum Gasteiger partial charge on any atom is 0.327 e. The molecule has 0 radical (unpaired) electrons. The summed E-state index contributed by atoms with van der Waals surface area (Å²) in [5.41, 5.74) is 1.35. The Morgan fingerprint density at radius 2 is 2.18 bits per heavy atom. The first kappa shape index (κ1) is 10.5. The number of H-pyrrole nitrogens is 1. The van der Waals surface area contributed by atoms with Gasteiger partial charge < -0.3 is 5.21 Å². The third kappa shape index (κ3) is 1.75. The first-order valence-corrected chi connectivity index (χ1v) is 5.75. The molecular formula is C11H14N4O2. The molecule has 0 amide bonds. The standard InChI is InChI=1S/C11H14N4O2/c16-11-13-10-9(2-1-5-12-10)15(11)8-3-6-14(17)7-4-8/h1-2,5,8,17H,3-4,6-7H2,(H,12,13,16). The average Bonchev–Trinajstić information content (AvgIpc) is 2.66. The molecule has 1 saturated heterocycles. The number of piperidine rings is 1. The van der Waals surface area contributed by atoms with Crippen molar-refractivity contribution in [2.75, 3.05) is 13.1 Å². The maximum absolute atomic E-state index is 11.9. The van der Waals surface area contributed by atoms with Gasteiger partial charge in [0.1, 0.15) is 0 Å². The third-order valence-corrected chi connectivity index (χ3v) is 3.30. The van der Waals surface area contributed by atoms with Crippen LogP contribution in [0.1, 0.15) is 18.9 Å². The van der Waals surface area contributed by atoms with Crippen molar-refractivity contribution in [3.63, 3.8) is 0 Å². The van der Waals surface area contributed by atoms with Crippen molar-refractivity contribution in [3.05, 3.63) is 28.8 Å². The summed E-state index contributed by atoms with van der Waals surface area (Å²) in [4.78, 5) is 18.8. The molecule has 90 valence electrons. The van der Waals surface area contributed by atoms with Crippen LogP contribution in [-0.4, -0.2) is 37.9 Å². The van der Waals surface area contributed by atoms with Gasteiger partial charge in [0.05, 0.1) is 5.52 Å². The van der Waals surface area contributed by atoms with Crippen LogP contribution in [-0.2, 0) is 0 Å². The monoisotopic (exact) mass is 234 g/mol. The number of pyridine rings is 1. The van der Waals surface area contributed by atoms with Gasteiger partial charge in [-0.25, -0.2) is 9.78 Å². The molecule has 0 aromatic carbocycles. The highest BCUT2D eigenvalue weighted by molar-refractivity contribution is 5.70. The summed E-state index contributed by atoms with van der Waals surface area (Å²) in [5.74, 6) is 0. The second-order valence-electron chi connectivity index (χ2n) is 4.36. The number of imidazole rings is 1. The van der Waals surface area contributed by atoms with E-state index in [0.29, 0.717) is 18.7 Å². The number of hydrogen-bond acceptors (Lipinski definition) is 4. The number of nitrogens with one attached hydrogen (secondary N) is 1. The van der Waals surface area contributed by atoms with E-state index in [-0.39, 0.29) is 11.7 Å². The van der Waals surface area contributed by atoms with E-state index in [2.05, 4.69) is 9.97 Å². The van der Waals surface area contributed by atoms with Gasteiger partial charge in [0.2, 0.25) is 0 Å². The molecular weight excluding hydrogens is 220 g/mol. The molecule has 3 rings (SSSR count). The van der Waals surface area contributed by atoms with Gasteiger partial charge >= 0.3 is 5.69 Å². The maximum atomic E-state index is 11.9. The van der Waals surface area contributed by atoms with Crippen molar-refractivity contribution in [1.29, 1.82) is 0 Å². The molecule has 0 unspecified atom stereocenters. The largest absolute Gasteiger partial charge is 0.327 e. The summed E-state index contributed by atoms with van der Waals surface area (Å²) in [6, 6.07) is 3.86. The van der Waals surface area contributed by atoms with Gasteiger partial charge in [-0.05, 0) is 25.0 Å². The number of rotatable bonds is 1. The lowest BCUT2D eigenvalue weighted by atomic mass is 10.1. The fourth-order valence-electron chi connectivity index (χ4n) is 2.43. The molecule has 6 nitrogen and oxygen atoms in total. The third-order valence-electron chi connectivity index (χ3n) is 3.30. The van der Waals surface area contributed by atoms with Crippen LogP contribution in [0.25, 0.3) is 11.2 Å². The Labute approximate surface area is 97.5 Å². The summed E-state index contributed by atoms with van der Waals surface area (Å²) >= 11 is 0. The zero-order valence-corrected chi connectivity index (χ0v) is 9.33. The summed E-state index contributed by atoms with van der Waals surface area (Å²) in [6.45, 7) is 1.20. The van der Waals surface area contributed by atoms with Gasteiger partial charge in [-0.1, -0.05) is 0 Å². The van der Waals surface area contributed by atoms with Gasteiger partial charge in [0.25, 0.3) is 0 Å². The summed E-state index contributed by atoms with van der Waals surface area (Å²) in [7, 11) is 0. The van der Waals surface area contributed by atoms with Gasteiger partial charge in [0.15, 0.2) is 5.65 Å². The Hall–Kier alpha value is -1.66. The first-order valence-electron chi connectivity index (χ1n) is 5.75. The Morgan fingerprint density at radius 1 is 1.41 bits per heavy atom. The molecule has 2 N–H and O–H groups in total. The molecule has 0 spiro atoms. The predicted molar refractivity (Wildman–Crippen MR) is 62.0 cm³/mol. The highest BCUT2D eigenvalue weighted by atomic mass is 16.5. The van der Waals surface area contributed by atoms with Crippen molar-refractivity contribution in [1.82, 2.24) is 19.6 Å². The Morgan fingerprint density at radius 3 is 2.94 bits per heavy atom. The van der Waals surface area contributed by atoms with E-state index in [1.54, 1.807) is 10.8 Å². The minimum Gasteiger partial charge on any atom is -0.314 e. The van der Waals surface area contributed by atoms with E-state index in [4.69, 9.17) is 0 Å². The van der Waals surface area contributed by atoms with Crippen molar-refractivity contribution < 1.29 is 5.21 Å². The second-order valence-corrected chi connectivity index (χ2v) is 4.36. The van der Waals surface area contributed by atoms with Crippen molar-refractivity contribution in [2.45, 2.75) is 18.9 Å². The topological polar surface area (TPSA) is 74.2 Å². The Bertz CT molecular complexity index is 580. The Balaban J connectivity index is 2.05. The fraction of sp³-hybridized carbons (Fsp3) is 0.455. The van der Waals surface area contributed by atoms with Crippen molar-refractivity contribution >= 4 is 11.2 Å². The smallest absolute Gasteiger partial charge is 0.314 e. The van der Waals surface area contributed by atoms with Crippen molar-refractivity contribution in [2.24, 2.45) is 0 Å². The molecule has 3 heterocycles. The minimum atomic E-state index is -0.116. The molecule has 6 heteroatoms. The summed E-state index contributed by atoms with van der Waals surface area (Å²) < 4.78 is 1.76. The van der Waals surface area contributed by atoms with E-state index in [9.17, 15) is 10.0 Å². The van der Waals surface area contributed by atoms with Crippen LogP contribution in [0.5, 0.6) is 0 Å². The number of hydroxylamine groups is 2. The molecule has 0 saturated carbocycles. The van der Waals surface area contributed by atoms with E-state index in [1.165, 1.54) is 5.06 Å². The van der Waals surface area contributed by atoms with Crippen LogP contribution in [0.4, 0.5) is 0 Å². The second kappa shape index (κ2) is 3.97. The number of hydrogen-bond donors (Lipinski definition) is 2. The van der Waals surface area contributed by atoms with Gasteiger partial charge in [-0.2, -0.15) is 5.06 Å². The van der Waals surface area contributed by atoms with Gasteiger partial charge in [-0.3, -0.25) is 9.55 Å². The average molecular weight is 234 g/mol. The molecule has 0 atom stereocenters. The highest BCUT2D eigenvalue weighted by Gasteiger charge is 2.22. The fourth-order valence-corrected chi connectivity index (χ4v) is 2.43. The molecule has 17 heavy (non-hydrogen) atoms. The molecule has 1 aliphatic heterocycles. The summed E-state index contributed by atoms with van der Waals surface area (Å²) in [6.07, 6.45) is 3.22. The van der Waals surface area contributed by atoms with E-state index in [1.807, 2.05) is 12.1 Å². The van der Waals surface area contributed by atoms with E-state index < -0.39 is 0 Å². The number of fused-ring (bicyclic) bond motifs is 1. The molecule has 2 aromatic rings. The number of aromatic nitrogens is 3. The van der Waals surface area contributed by atoms with Crippen molar-refractivity contribution in [3.8, 4) is 0 Å². The lowest BCUT2D eigenvalue weighted by molar-refractivity contribution is -0.110. The summed E-state index contributed by atoms with van der Waals surface area (Å²) in [5, 5.41) is 10.6. The zero-order valence-electron chi connectivity index (χ0n) is 9.33. The Kier molecular flexibility index (Phi) is 2.45. The number of nitrogens with zero attached hydrogens (tertiary/aromatic N) is 3. The van der Waals surface area contributed by atoms with Crippen LogP contribution in [0.3, 0.4) is 0 Å². The molecule has 2 aromatic heterocycles. The zero-order chi connectivity index (χ0) is 11.8. The minimum absolute atomic E-state index is 0.116. The SMILES string of the molecule is O=c1[nH]c2ncccc2n1C1CCN(O)CC1. The van der Waals surface area contributed by atoms with Crippen LogP contribution >= 0.6 is 0 Å².